The van der Waals surface area contributed by atoms with Gasteiger partial charge in [0.25, 0.3) is 0 Å². The average molecular weight is 245 g/mol. The third-order valence-electron chi connectivity index (χ3n) is 3.45. The molecule has 0 unspecified atom stereocenters. The second-order valence-corrected chi connectivity index (χ2v) is 4.72. The van der Waals surface area contributed by atoms with Crippen LogP contribution in [0.15, 0.2) is 42.5 Å². The Labute approximate surface area is 107 Å². The second kappa shape index (κ2) is 5.48. The number of aliphatic hydroxyl groups excluding tert-OH is 2. The SMILES string of the molecule is C[C@@H](O)[C@@H](CO)[C@@H](N)c1ccc2ccccc2c1. The van der Waals surface area contributed by atoms with Crippen LogP contribution in [0.3, 0.4) is 0 Å². The second-order valence-electron chi connectivity index (χ2n) is 4.72. The first kappa shape index (κ1) is 13.0. The fourth-order valence-corrected chi connectivity index (χ4v) is 2.23. The molecule has 0 aromatic heterocycles. The molecule has 3 nitrogen and oxygen atoms in total. The average Bonchev–Trinajstić information content (AvgIpc) is 2.38. The normalized spacial score (nSPS) is 16.4. The lowest BCUT2D eigenvalue weighted by molar-refractivity contribution is 0.0653. The quantitative estimate of drug-likeness (QED) is 0.770. The highest BCUT2D eigenvalue weighted by Crippen LogP contribution is 2.25. The maximum atomic E-state index is 9.62. The number of fused-ring (bicyclic) bond motifs is 1. The lowest BCUT2D eigenvalue weighted by Gasteiger charge is -2.25. The lowest BCUT2D eigenvalue weighted by Crippen LogP contribution is -2.32. The predicted octanol–water partition coefficient (Wildman–Crippen LogP) is 1.83. The summed E-state index contributed by atoms with van der Waals surface area (Å²) in [5.41, 5.74) is 7.06. The first-order chi connectivity index (χ1) is 8.63. The van der Waals surface area contributed by atoms with E-state index in [-0.39, 0.29) is 18.6 Å². The summed E-state index contributed by atoms with van der Waals surface area (Å²) in [5, 5.41) is 21.2. The van der Waals surface area contributed by atoms with E-state index >= 15 is 0 Å². The monoisotopic (exact) mass is 245 g/mol. The van der Waals surface area contributed by atoms with Gasteiger partial charge in [-0.2, -0.15) is 0 Å². The van der Waals surface area contributed by atoms with Crippen LogP contribution in [0.2, 0.25) is 0 Å². The highest BCUT2D eigenvalue weighted by Gasteiger charge is 2.23. The van der Waals surface area contributed by atoms with Crippen LogP contribution in [-0.2, 0) is 0 Å². The molecule has 0 bridgehead atoms. The van der Waals surface area contributed by atoms with Crippen molar-refractivity contribution in [3.63, 3.8) is 0 Å². The summed E-state index contributed by atoms with van der Waals surface area (Å²) in [7, 11) is 0. The smallest absolute Gasteiger partial charge is 0.0580 e. The predicted molar refractivity (Wildman–Crippen MR) is 73.1 cm³/mol. The van der Waals surface area contributed by atoms with E-state index in [0.717, 1.165) is 16.3 Å². The molecule has 2 aromatic rings. The number of rotatable bonds is 4. The molecule has 0 heterocycles. The molecule has 0 aliphatic carbocycles. The fourth-order valence-electron chi connectivity index (χ4n) is 2.23. The van der Waals surface area contributed by atoms with Crippen LogP contribution in [0, 0.1) is 5.92 Å². The molecular weight excluding hydrogens is 226 g/mol. The maximum absolute atomic E-state index is 9.62. The standard InChI is InChI=1S/C15H19NO2/c1-10(18)14(9-17)15(16)13-7-6-11-4-2-3-5-12(11)8-13/h2-8,10,14-15,17-18H,9,16H2,1H3/t10-,14-,15+/m1/s1. The summed E-state index contributed by atoms with van der Waals surface area (Å²) in [6.45, 7) is 1.54. The first-order valence-corrected chi connectivity index (χ1v) is 6.16. The Morgan fingerprint density at radius 2 is 1.78 bits per heavy atom. The third kappa shape index (κ3) is 2.53. The molecule has 0 amide bonds. The Hall–Kier alpha value is -1.42. The molecule has 0 saturated carbocycles. The molecule has 96 valence electrons. The van der Waals surface area contributed by atoms with Crippen molar-refractivity contribution in [2.45, 2.75) is 19.1 Å². The van der Waals surface area contributed by atoms with Gasteiger partial charge >= 0.3 is 0 Å². The summed E-state index contributed by atoms with van der Waals surface area (Å²) in [5.74, 6) is -0.342. The van der Waals surface area contributed by atoms with Crippen molar-refractivity contribution in [1.82, 2.24) is 0 Å². The van der Waals surface area contributed by atoms with Gasteiger partial charge in [-0.3, -0.25) is 0 Å². The fraction of sp³-hybridized carbons (Fsp3) is 0.333. The van der Waals surface area contributed by atoms with Crippen LogP contribution in [-0.4, -0.2) is 22.9 Å². The van der Waals surface area contributed by atoms with E-state index in [1.165, 1.54) is 0 Å². The topological polar surface area (TPSA) is 66.5 Å². The summed E-state index contributed by atoms with van der Waals surface area (Å²) < 4.78 is 0. The van der Waals surface area contributed by atoms with Crippen molar-refractivity contribution in [2.24, 2.45) is 11.7 Å². The molecule has 0 fully saturated rings. The minimum atomic E-state index is -0.628. The van der Waals surface area contributed by atoms with Gasteiger partial charge in [0, 0.05) is 12.0 Å². The van der Waals surface area contributed by atoms with Crippen LogP contribution >= 0.6 is 0 Å². The molecule has 18 heavy (non-hydrogen) atoms. The number of hydrogen-bond acceptors (Lipinski definition) is 3. The molecule has 3 atom stereocenters. The van der Waals surface area contributed by atoms with Gasteiger partial charge in [-0.25, -0.2) is 0 Å². The minimum absolute atomic E-state index is 0.119. The molecular formula is C15H19NO2. The van der Waals surface area contributed by atoms with E-state index in [9.17, 15) is 10.2 Å². The Kier molecular flexibility index (Phi) is 3.97. The van der Waals surface area contributed by atoms with Crippen LogP contribution in [0.25, 0.3) is 10.8 Å². The van der Waals surface area contributed by atoms with Crippen LogP contribution in [0.5, 0.6) is 0 Å². The number of aliphatic hydroxyl groups is 2. The number of hydrogen-bond donors (Lipinski definition) is 3. The molecule has 0 saturated heterocycles. The Morgan fingerprint density at radius 3 is 2.39 bits per heavy atom. The number of nitrogens with two attached hydrogens (primary N) is 1. The molecule has 2 aromatic carbocycles. The lowest BCUT2D eigenvalue weighted by atomic mass is 9.89. The van der Waals surface area contributed by atoms with Crippen molar-refractivity contribution in [1.29, 1.82) is 0 Å². The summed E-state index contributed by atoms with van der Waals surface area (Å²) in [4.78, 5) is 0. The van der Waals surface area contributed by atoms with Gasteiger partial charge in [-0.15, -0.1) is 0 Å². The molecule has 3 heteroatoms. The highest BCUT2D eigenvalue weighted by atomic mass is 16.3. The van der Waals surface area contributed by atoms with Gasteiger partial charge in [0.2, 0.25) is 0 Å². The van der Waals surface area contributed by atoms with Crippen LogP contribution < -0.4 is 5.73 Å². The molecule has 0 radical (unpaired) electrons. The minimum Gasteiger partial charge on any atom is -0.396 e. The van der Waals surface area contributed by atoms with Crippen molar-refractivity contribution >= 4 is 10.8 Å². The van der Waals surface area contributed by atoms with Gasteiger partial charge in [-0.1, -0.05) is 36.4 Å². The Bertz CT molecular complexity index is 525. The van der Waals surface area contributed by atoms with E-state index in [1.54, 1.807) is 6.92 Å². The van der Waals surface area contributed by atoms with Gasteiger partial charge in [0.15, 0.2) is 0 Å². The van der Waals surface area contributed by atoms with E-state index in [1.807, 2.05) is 42.5 Å². The van der Waals surface area contributed by atoms with Crippen LogP contribution in [0.4, 0.5) is 0 Å². The van der Waals surface area contributed by atoms with Gasteiger partial charge in [-0.05, 0) is 29.3 Å². The summed E-state index contributed by atoms with van der Waals surface area (Å²) in [6.07, 6.45) is -0.628. The van der Waals surface area contributed by atoms with Gasteiger partial charge in [0.05, 0.1) is 12.7 Å². The zero-order chi connectivity index (χ0) is 13.1. The van der Waals surface area contributed by atoms with E-state index in [0.29, 0.717) is 0 Å². The summed E-state index contributed by atoms with van der Waals surface area (Å²) in [6, 6.07) is 13.7. The van der Waals surface area contributed by atoms with Gasteiger partial charge in [0.1, 0.15) is 0 Å². The Balaban J connectivity index is 2.35. The van der Waals surface area contributed by atoms with E-state index in [4.69, 9.17) is 5.73 Å². The molecule has 4 N–H and O–H groups in total. The molecule has 0 aliphatic heterocycles. The summed E-state index contributed by atoms with van der Waals surface area (Å²) >= 11 is 0. The largest absolute Gasteiger partial charge is 0.396 e. The molecule has 0 aliphatic rings. The van der Waals surface area contributed by atoms with Crippen LogP contribution in [0.1, 0.15) is 18.5 Å². The zero-order valence-electron chi connectivity index (χ0n) is 10.5. The van der Waals surface area contributed by atoms with E-state index in [2.05, 4.69) is 0 Å². The Morgan fingerprint density at radius 1 is 1.11 bits per heavy atom. The maximum Gasteiger partial charge on any atom is 0.0580 e. The zero-order valence-corrected chi connectivity index (χ0v) is 10.5. The molecule has 2 rings (SSSR count). The highest BCUT2D eigenvalue weighted by molar-refractivity contribution is 5.83. The van der Waals surface area contributed by atoms with Crippen molar-refractivity contribution in [2.75, 3.05) is 6.61 Å². The van der Waals surface area contributed by atoms with Crippen molar-refractivity contribution in [3.05, 3.63) is 48.0 Å². The number of benzene rings is 2. The van der Waals surface area contributed by atoms with Gasteiger partial charge < -0.3 is 15.9 Å². The van der Waals surface area contributed by atoms with E-state index < -0.39 is 6.10 Å². The third-order valence-corrected chi connectivity index (χ3v) is 3.45. The van der Waals surface area contributed by atoms with Crippen molar-refractivity contribution < 1.29 is 10.2 Å². The molecule has 0 spiro atoms. The van der Waals surface area contributed by atoms with Crippen molar-refractivity contribution in [3.8, 4) is 0 Å². The first-order valence-electron chi connectivity index (χ1n) is 6.16.